The zero-order chi connectivity index (χ0) is 23.2. The molecule has 0 aromatic heterocycles. The topological polar surface area (TPSA) is 92.7 Å². The van der Waals surface area contributed by atoms with Crippen LogP contribution >= 0.6 is 0 Å². The number of unbranched alkanes of at least 4 members (excludes halogenated alkanes) is 13. The lowest BCUT2D eigenvalue weighted by Gasteiger charge is -2.14. The predicted molar refractivity (Wildman–Crippen MR) is 125 cm³/mol. The Balaban J connectivity index is 3.51. The number of nitrogens with one attached hydrogen (secondary N) is 1. The summed E-state index contributed by atoms with van der Waals surface area (Å²) in [7, 11) is 0. The number of carboxylic acids is 1. The van der Waals surface area contributed by atoms with Crippen molar-refractivity contribution in [3.8, 4) is 0 Å². The Hall–Kier alpha value is -1.59. The highest BCUT2D eigenvalue weighted by atomic mass is 16.5. The molecule has 0 spiro atoms. The van der Waals surface area contributed by atoms with Crippen LogP contribution in [0.5, 0.6) is 0 Å². The molecule has 0 aliphatic rings. The molecule has 1 amide bonds. The highest BCUT2D eigenvalue weighted by Gasteiger charge is 2.20. The summed E-state index contributed by atoms with van der Waals surface area (Å²) in [5.74, 6) is -1.82. The molecule has 0 heterocycles. The maximum Gasteiger partial charge on any atom is 0.326 e. The number of carbonyl (C=O) groups is 3. The minimum absolute atomic E-state index is 0.00196. The lowest BCUT2D eigenvalue weighted by Crippen LogP contribution is -2.41. The van der Waals surface area contributed by atoms with Crippen LogP contribution in [0, 0.1) is 0 Å². The lowest BCUT2D eigenvalue weighted by atomic mass is 10.0. The van der Waals surface area contributed by atoms with Gasteiger partial charge in [0.25, 0.3) is 0 Å². The monoisotopic (exact) mass is 441 g/mol. The van der Waals surface area contributed by atoms with Gasteiger partial charge in [0.1, 0.15) is 6.04 Å². The quantitative estimate of drug-likeness (QED) is 0.155. The molecule has 0 aromatic rings. The largest absolute Gasteiger partial charge is 0.480 e. The molecule has 1 atom stereocenters. The van der Waals surface area contributed by atoms with E-state index in [1.165, 1.54) is 77.0 Å². The number of carbonyl (C=O) groups excluding carboxylic acids is 2. The Kier molecular flexibility index (Phi) is 20.5. The number of hydrogen-bond donors (Lipinski definition) is 2. The first-order chi connectivity index (χ1) is 15.0. The number of hydrogen-bond acceptors (Lipinski definition) is 4. The molecule has 0 saturated carbocycles. The van der Waals surface area contributed by atoms with E-state index in [2.05, 4.69) is 12.2 Å². The van der Waals surface area contributed by atoms with Crippen molar-refractivity contribution in [1.29, 1.82) is 0 Å². The second-order valence-corrected chi connectivity index (χ2v) is 8.56. The van der Waals surface area contributed by atoms with E-state index in [1.807, 2.05) is 6.92 Å². The summed E-state index contributed by atoms with van der Waals surface area (Å²) >= 11 is 0. The average molecular weight is 442 g/mol. The molecule has 6 heteroatoms. The minimum Gasteiger partial charge on any atom is -0.480 e. The van der Waals surface area contributed by atoms with Gasteiger partial charge in [0.15, 0.2) is 0 Å². The maximum atomic E-state index is 11.8. The summed E-state index contributed by atoms with van der Waals surface area (Å²) in [4.78, 5) is 34.5. The molecule has 0 aliphatic carbocycles. The molecule has 0 aromatic carbocycles. The van der Waals surface area contributed by atoms with Crippen LogP contribution in [-0.4, -0.2) is 35.6 Å². The standard InChI is InChI=1S/C25H47NO5/c1-3-5-6-7-8-9-10-11-12-13-14-15-16-17-21-31-24(28)20-19-22(25(29)30)26-23(27)18-4-2/h22H,3-21H2,1-2H3,(H,26,27)(H,29,30)/t22-/m0/s1. The van der Waals surface area contributed by atoms with E-state index in [1.54, 1.807) is 0 Å². The third-order valence-electron chi connectivity index (χ3n) is 5.51. The van der Waals surface area contributed by atoms with Gasteiger partial charge >= 0.3 is 11.9 Å². The Morgan fingerprint density at radius 1 is 0.710 bits per heavy atom. The van der Waals surface area contributed by atoms with Crippen LogP contribution in [0.4, 0.5) is 0 Å². The fourth-order valence-electron chi connectivity index (χ4n) is 3.57. The second kappa shape index (κ2) is 21.6. The number of rotatable bonds is 22. The molecule has 6 nitrogen and oxygen atoms in total. The summed E-state index contributed by atoms with van der Waals surface area (Å²) < 4.78 is 5.19. The molecule has 0 fully saturated rings. The van der Waals surface area contributed by atoms with Gasteiger partial charge in [-0.2, -0.15) is 0 Å². The van der Waals surface area contributed by atoms with E-state index in [0.717, 1.165) is 12.8 Å². The molecule has 182 valence electrons. The molecule has 0 radical (unpaired) electrons. The van der Waals surface area contributed by atoms with E-state index >= 15 is 0 Å². The molecule has 0 saturated heterocycles. The molecular weight excluding hydrogens is 394 g/mol. The Morgan fingerprint density at radius 3 is 1.65 bits per heavy atom. The normalized spacial score (nSPS) is 11.8. The Morgan fingerprint density at radius 2 is 1.19 bits per heavy atom. The van der Waals surface area contributed by atoms with E-state index in [0.29, 0.717) is 13.0 Å². The van der Waals surface area contributed by atoms with Gasteiger partial charge < -0.3 is 15.2 Å². The van der Waals surface area contributed by atoms with Crippen LogP contribution in [0.15, 0.2) is 0 Å². The molecule has 0 unspecified atom stereocenters. The van der Waals surface area contributed by atoms with E-state index in [-0.39, 0.29) is 25.2 Å². The highest BCUT2D eigenvalue weighted by Crippen LogP contribution is 2.13. The molecule has 31 heavy (non-hydrogen) atoms. The number of esters is 1. The molecule has 2 N–H and O–H groups in total. The Bertz CT molecular complexity index is 467. The first-order valence-corrected chi connectivity index (χ1v) is 12.7. The van der Waals surface area contributed by atoms with Crippen molar-refractivity contribution in [2.24, 2.45) is 0 Å². The third kappa shape index (κ3) is 20.1. The van der Waals surface area contributed by atoms with E-state index in [9.17, 15) is 14.4 Å². The average Bonchev–Trinajstić information content (AvgIpc) is 2.73. The Labute approximate surface area is 189 Å². The van der Waals surface area contributed by atoms with Gasteiger partial charge in [0.2, 0.25) is 5.91 Å². The lowest BCUT2D eigenvalue weighted by molar-refractivity contribution is -0.145. The number of carboxylic acid groups (broad SMARTS) is 1. The molecule has 0 bridgehead atoms. The van der Waals surface area contributed by atoms with Crippen molar-refractivity contribution >= 4 is 17.8 Å². The zero-order valence-corrected chi connectivity index (χ0v) is 20.1. The van der Waals surface area contributed by atoms with Crippen molar-refractivity contribution in [1.82, 2.24) is 5.32 Å². The summed E-state index contributed by atoms with van der Waals surface area (Å²) in [5, 5.41) is 11.6. The fraction of sp³-hybridized carbons (Fsp3) is 0.880. The second-order valence-electron chi connectivity index (χ2n) is 8.56. The van der Waals surface area contributed by atoms with Crippen molar-refractivity contribution in [3.63, 3.8) is 0 Å². The third-order valence-corrected chi connectivity index (χ3v) is 5.51. The fourth-order valence-corrected chi connectivity index (χ4v) is 3.57. The SMILES string of the molecule is CCCCCCCCCCCCCCCCOC(=O)CC[C@H](NC(=O)CCC)C(=O)O. The predicted octanol–water partition coefficient (Wildman–Crippen LogP) is 6.16. The van der Waals surface area contributed by atoms with Gasteiger partial charge in [-0.15, -0.1) is 0 Å². The number of amides is 1. The van der Waals surface area contributed by atoms with Crippen molar-refractivity contribution in [3.05, 3.63) is 0 Å². The van der Waals surface area contributed by atoms with Gasteiger partial charge in [-0.1, -0.05) is 97.3 Å². The first kappa shape index (κ1) is 29.4. The van der Waals surface area contributed by atoms with E-state index in [4.69, 9.17) is 9.84 Å². The van der Waals surface area contributed by atoms with Gasteiger partial charge in [-0.25, -0.2) is 4.79 Å². The van der Waals surface area contributed by atoms with Gasteiger partial charge in [-0.3, -0.25) is 9.59 Å². The minimum atomic E-state index is -1.12. The number of aliphatic carboxylic acids is 1. The molecular formula is C25H47NO5. The maximum absolute atomic E-state index is 11.8. The van der Waals surface area contributed by atoms with Crippen molar-refractivity contribution < 1.29 is 24.2 Å². The van der Waals surface area contributed by atoms with Crippen LogP contribution < -0.4 is 5.32 Å². The van der Waals surface area contributed by atoms with Crippen LogP contribution in [0.3, 0.4) is 0 Å². The zero-order valence-electron chi connectivity index (χ0n) is 20.1. The van der Waals surface area contributed by atoms with Crippen LogP contribution in [0.1, 0.15) is 129 Å². The summed E-state index contributed by atoms with van der Waals surface area (Å²) in [6.07, 6.45) is 18.9. The van der Waals surface area contributed by atoms with E-state index < -0.39 is 18.0 Å². The number of ether oxygens (including phenoxy) is 1. The van der Waals surface area contributed by atoms with Gasteiger partial charge in [0, 0.05) is 12.8 Å². The molecule has 0 aliphatic heterocycles. The van der Waals surface area contributed by atoms with Gasteiger partial charge in [-0.05, 0) is 19.3 Å². The van der Waals surface area contributed by atoms with Crippen LogP contribution in [0.2, 0.25) is 0 Å². The summed E-state index contributed by atoms with van der Waals surface area (Å²) in [6, 6.07) is -1.03. The van der Waals surface area contributed by atoms with Crippen molar-refractivity contribution in [2.75, 3.05) is 6.61 Å². The van der Waals surface area contributed by atoms with Crippen molar-refractivity contribution in [2.45, 2.75) is 135 Å². The summed E-state index contributed by atoms with van der Waals surface area (Å²) in [5.41, 5.74) is 0. The highest BCUT2D eigenvalue weighted by molar-refractivity contribution is 5.83. The van der Waals surface area contributed by atoms with Crippen LogP contribution in [0.25, 0.3) is 0 Å². The van der Waals surface area contributed by atoms with Crippen LogP contribution in [-0.2, 0) is 19.1 Å². The first-order valence-electron chi connectivity index (χ1n) is 12.7. The molecule has 0 rings (SSSR count). The summed E-state index contributed by atoms with van der Waals surface area (Å²) in [6.45, 7) is 4.49. The smallest absolute Gasteiger partial charge is 0.326 e. The van der Waals surface area contributed by atoms with Gasteiger partial charge in [0.05, 0.1) is 6.61 Å².